The van der Waals surface area contributed by atoms with Gasteiger partial charge in [0.1, 0.15) is 0 Å². The second-order valence-corrected chi connectivity index (χ2v) is 4.06. The first-order valence-electron chi connectivity index (χ1n) is 5.53. The van der Waals surface area contributed by atoms with E-state index in [1.807, 2.05) is 0 Å². The van der Waals surface area contributed by atoms with Crippen LogP contribution >= 0.6 is 0 Å². The van der Waals surface area contributed by atoms with Gasteiger partial charge >= 0.3 is 6.18 Å². The molecule has 1 heterocycles. The van der Waals surface area contributed by atoms with Crippen molar-refractivity contribution < 1.29 is 17.6 Å². The first-order chi connectivity index (χ1) is 8.89. The fourth-order valence-corrected chi connectivity index (χ4v) is 1.72. The maximum absolute atomic E-state index is 13.3. The first kappa shape index (κ1) is 13.4. The molecule has 0 fully saturated rings. The minimum absolute atomic E-state index is 0.441. The molecule has 0 bridgehead atoms. The minimum atomic E-state index is -4.91. The molecular formula is C14H11F4N. The molecule has 19 heavy (non-hydrogen) atoms. The summed E-state index contributed by atoms with van der Waals surface area (Å²) in [5.41, 5.74) is 0.664. The molecule has 0 saturated carbocycles. The zero-order valence-electron chi connectivity index (χ0n) is 9.86. The van der Waals surface area contributed by atoms with E-state index < -0.39 is 17.9 Å². The van der Waals surface area contributed by atoms with Crippen LogP contribution in [0.4, 0.5) is 23.2 Å². The van der Waals surface area contributed by atoms with E-state index in [4.69, 9.17) is 0 Å². The molecule has 100 valence electrons. The SMILES string of the molecule is C=C1C=CC(C(F)C(F)(F)F)=CN1c1ccccc1. The molecular weight excluding hydrogens is 258 g/mol. The van der Waals surface area contributed by atoms with Crippen LogP contribution in [0.15, 0.2) is 66.5 Å². The number of hydrogen-bond acceptors (Lipinski definition) is 1. The molecule has 2 rings (SSSR count). The monoisotopic (exact) mass is 269 g/mol. The third kappa shape index (κ3) is 2.86. The number of benzene rings is 1. The zero-order valence-corrected chi connectivity index (χ0v) is 9.86. The van der Waals surface area contributed by atoms with Crippen LogP contribution in [-0.4, -0.2) is 12.3 Å². The van der Waals surface area contributed by atoms with Crippen LogP contribution < -0.4 is 4.90 Å². The molecule has 1 nitrogen and oxygen atoms in total. The Bertz CT molecular complexity index is 528. The number of nitrogens with zero attached hydrogens (tertiary/aromatic N) is 1. The predicted octanol–water partition coefficient (Wildman–Crippen LogP) is 4.36. The first-order valence-corrected chi connectivity index (χ1v) is 5.53. The van der Waals surface area contributed by atoms with Crippen molar-refractivity contribution in [3.05, 3.63) is 66.5 Å². The van der Waals surface area contributed by atoms with Crippen molar-refractivity contribution in [2.75, 3.05) is 4.90 Å². The van der Waals surface area contributed by atoms with Gasteiger partial charge in [-0.2, -0.15) is 13.2 Å². The number of alkyl halides is 4. The average molecular weight is 269 g/mol. The van der Waals surface area contributed by atoms with Crippen LogP contribution in [-0.2, 0) is 0 Å². The summed E-state index contributed by atoms with van der Waals surface area (Å²) in [7, 11) is 0. The Morgan fingerprint density at radius 1 is 1.05 bits per heavy atom. The Morgan fingerprint density at radius 3 is 2.26 bits per heavy atom. The van der Waals surface area contributed by atoms with Crippen LogP contribution in [0, 0.1) is 0 Å². The molecule has 0 saturated heterocycles. The highest BCUT2D eigenvalue weighted by atomic mass is 19.4. The topological polar surface area (TPSA) is 3.24 Å². The molecule has 0 amide bonds. The van der Waals surface area contributed by atoms with Crippen molar-refractivity contribution in [3.63, 3.8) is 0 Å². The van der Waals surface area contributed by atoms with Crippen molar-refractivity contribution in [3.8, 4) is 0 Å². The highest BCUT2D eigenvalue weighted by Crippen LogP contribution is 2.33. The van der Waals surface area contributed by atoms with Crippen molar-refractivity contribution in [2.45, 2.75) is 12.3 Å². The largest absolute Gasteiger partial charge is 0.423 e. The summed E-state index contributed by atoms with van der Waals surface area (Å²) >= 11 is 0. The number of rotatable bonds is 2. The molecule has 1 aliphatic heterocycles. The van der Waals surface area contributed by atoms with E-state index >= 15 is 0 Å². The second-order valence-electron chi connectivity index (χ2n) is 4.06. The highest BCUT2D eigenvalue weighted by Gasteiger charge is 2.42. The van der Waals surface area contributed by atoms with Crippen LogP contribution in [0.5, 0.6) is 0 Å². The molecule has 1 atom stereocenters. The van der Waals surface area contributed by atoms with E-state index in [0.717, 1.165) is 12.3 Å². The molecule has 1 aromatic carbocycles. The smallest absolute Gasteiger partial charge is 0.317 e. The lowest BCUT2D eigenvalue weighted by atomic mass is 10.1. The number of halogens is 4. The van der Waals surface area contributed by atoms with Gasteiger partial charge < -0.3 is 4.90 Å². The Labute approximate surface area is 108 Å². The van der Waals surface area contributed by atoms with E-state index in [2.05, 4.69) is 6.58 Å². The van der Waals surface area contributed by atoms with Gasteiger partial charge in [0, 0.05) is 23.2 Å². The normalized spacial score (nSPS) is 17.4. The number of anilines is 1. The summed E-state index contributed by atoms with van der Waals surface area (Å²) in [5, 5.41) is 0. The molecule has 1 unspecified atom stereocenters. The molecule has 0 radical (unpaired) electrons. The molecule has 1 aromatic rings. The molecule has 0 aliphatic carbocycles. The van der Waals surface area contributed by atoms with E-state index in [-0.39, 0.29) is 0 Å². The maximum Gasteiger partial charge on any atom is 0.423 e. The van der Waals surface area contributed by atoms with Gasteiger partial charge in [-0.25, -0.2) is 4.39 Å². The van der Waals surface area contributed by atoms with Crippen LogP contribution in [0.25, 0.3) is 0 Å². The van der Waals surface area contributed by atoms with Gasteiger partial charge in [0.2, 0.25) is 6.17 Å². The Morgan fingerprint density at radius 2 is 1.68 bits per heavy atom. The molecule has 0 N–H and O–H groups in total. The summed E-state index contributed by atoms with van der Waals surface area (Å²) < 4.78 is 50.4. The third-order valence-corrected chi connectivity index (χ3v) is 2.67. The Kier molecular flexibility index (Phi) is 3.46. The van der Waals surface area contributed by atoms with Gasteiger partial charge in [-0.05, 0) is 18.2 Å². The van der Waals surface area contributed by atoms with Gasteiger partial charge in [0.25, 0.3) is 0 Å². The summed E-state index contributed by atoms with van der Waals surface area (Å²) in [6.45, 7) is 3.72. The van der Waals surface area contributed by atoms with Gasteiger partial charge in [0.05, 0.1) is 0 Å². The van der Waals surface area contributed by atoms with E-state index in [1.54, 1.807) is 30.3 Å². The van der Waals surface area contributed by atoms with E-state index in [1.165, 1.54) is 11.0 Å². The summed E-state index contributed by atoms with van der Waals surface area (Å²) in [4.78, 5) is 1.42. The van der Waals surface area contributed by atoms with Gasteiger partial charge in [-0.3, -0.25) is 0 Å². The van der Waals surface area contributed by atoms with Crippen molar-refractivity contribution in [2.24, 2.45) is 0 Å². The Balaban J connectivity index is 2.33. The molecule has 0 aromatic heterocycles. The van der Waals surface area contributed by atoms with Gasteiger partial charge in [-0.15, -0.1) is 0 Å². The Hall–Kier alpha value is -2.04. The predicted molar refractivity (Wildman–Crippen MR) is 66.2 cm³/mol. The number of para-hydroxylation sites is 1. The lowest BCUT2D eigenvalue weighted by Crippen LogP contribution is -2.29. The minimum Gasteiger partial charge on any atom is -0.317 e. The van der Waals surface area contributed by atoms with Gasteiger partial charge in [0.15, 0.2) is 0 Å². The summed E-state index contributed by atoms with van der Waals surface area (Å²) in [5.74, 6) is 0. The van der Waals surface area contributed by atoms with E-state index in [0.29, 0.717) is 11.4 Å². The number of hydrogen-bond donors (Lipinski definition) is 0. The molecule has 1 aliphatic rings. The van der Waals surface area contributed by atoms with Gasteiger partial charge in [-0.1, -0.05) is 30.9 Å². The van der Waals surface area contributed by atoms with Crippen molar-refractivity contribution in [1.82, 2.24) is 0 Å². The zero-order chi connectivity index (χ0) is 14.0. The second kappa shape index (κ2) is 4.91. The van der Waals surface area contributed by atoms with Crippen molar-refractivity contribution in [1.29, 1.82) is 0 Å². The van der Waals surface area contributed by atoms with E-state index in [9.17, 15) is 17.6 Å². The standard InChI is InChI=1S/C14H11F4N/c1-10-7-8-11(13(15)14(16,17)18)9-19(10)12-5-3-2-4-6-12/h2-9,13H,1H2. The molecule has 0 spiro atoms. The van der Waals surface area contributed by atoms with Crippen LogP contribution in [0.2, 0.25) is 0 Å². The summed E-state index contributed by atoms with van der Waals surface area (Å²) in [6.07, 6.45) is -4.32. The lowest BCUT2D eigenvalue weighted by molar-refractivity contribution is -0.168. The number of allylic oxidation sites excluding steroid dienone is 3. The fraction of sp³-hybridized carbons (Fsp3) is 0.143. The fourth-order valence-electron chi connectivity index (χ4n) is 1.72. The third-order valence-electron chi connectivity index (χ3n) is 2.67. The maximum atomic E-state index is 13.3. The van der Waals surface area contributed by atoms with Crippen LogP contribution in [0.1, 0.15) is 0 Å². The highest BCUT2D eigenvalue weighted by molar-refractivity contribution is 5.60. The average Bonchev–Trinajstić information content (AvgIpc) is 2.38. The van der Waals surface area contributed by atoms with Crippen LogP contribution in [0.3, 0.4) is 0 Å². The summed E-state index contributed by atoms with van der Waals surface area (Å²) in [6, 6.07) is 8.68. The van der Waals surface area contributed by atoms with Crippen molar-refractivity contribution >= 4 is 5.69 Å². The quantitative estimate of drug-likeness (QED) is 0.721. The molecule has 5 heteroatoms. The lowest BCUT2D eigenvalue weighted by Gasteiger charge is -2.26.